The fourth-order valence-electron chi connectivity index (χ4n) is 1.79. The van der Waals surface area contributed by atoms with Crippen molar-refractivity contribution in [3.63, 3.8) is 0 Å². The van der Waals surface area contributed by atoms with Crippen LogP contribution in [0.2, 0.25) is 0 Å². The number of anilines is 1. The van der Waals surface area contributed by atoms with E-state index in [1.807, 2.05) is 17.7 Å². The SMILES string of the molecule is CCOc1cc(NCCn2ccnc2)cc([N+](=O)[O-])c1. The van der Waals surface area contributed by atoms with E-state index in [1.54, 1.807) is 18.6 Å². The van der Waals surface area contributed by atoms with Gasteiger partial charge in [-0.3, -0.25) is 10.1 Å². The van der Waals surface area contributed by atoms with Crippen LogP contribution >= 0.6 is 0 Å². The van der Waals surface area contributed by atoms with Gasteiger partial charge in [-0.15, -0.1) is 0 Å². The molecule has 0 bridgehead atoms. The standard InChI is InChI=1S/C13H16N4O3/c1-2-20-13-8-11(7-12(9-13)17(18)19)15-4-6-16-5-3-14-10-16/h3,5,7-10,15H,2,4,6H2,1H3. The van der Waals surface area contributed by atoms with Crippen LogP contribution in [0.5, 0.6) is 5.75 Å². The van der Waals surface area contributed by atoms with Gasteiger partial charge in [0.1, 0.15) is 5.75 Å². The summed E-state index contributed by atoms with van der Waals surface area (Å²) in [7, 11) is 0. The molecule has 1 heterocycles. The van der Waals surface area contributed by atoms with E-state index < -0.39 is 4.92 Å². The lowest BCUT2D eigenvalue weighted by Crippen LogP contribution is -2.09. The fourth-order valence-corrected chi connectivity index (χ4v) is 1.79. The summed E-state index contributed by atoms with van der Waals surface area (Å²) < 4.78 is 7.25. The topological polar surface area (TPSA) is 82.2 Å². The quantitative estimate of drug-likeness (QED) is 0.619. The minimum atomic E-state index is -0.427. The highest BCUT2D eigenvalue weighted by molar-refractivity contribution is 5.56. The Kier molecular flexibility index (Phi) is 4.54. The van der Waals surface area contributed by atoms with Crippen LogP contribution in [0.1, 0.15) is 6.92 Å². The molecule has 1 aromatic heterocycles. The molecule has 0 unspecified atom stereocenters. The molecule has 7 nitrogen and oxygen atoms in total. The summed E-state index contributed by atoms with van der Waals surface area (Å²) >= 11 is 0. The number of ether oxygens (including phenoxy) is 1. The Morgan fingerprint density at radius 3 is 2.95 bits per heavy atom. The van der Waals surface area contributed by atoms with Crippen molar-refractivity contribution >= 4 is 11.4 Å². The molecule has 20 heavy (non-hydrogen) atoms. The average Bonchev–Trinajstić information content (AvgIpc) is 2.92. The molecule has 1 N–H and O–H groups in total. The molecule has 0 radical (unpaired) electrons. The molecule has 2 aromatic rings. The second-order valence-electron chi connectivity index (χ2n) is 4.13. The number of hydrogen-bond donors (Lipinski definition) is 1. The predicted octanol–water partition coefficient (Wildman–Crippen LogP) is 2.30. The van der Waals surface area contributed by atoms with Crippen molar-refractivity contribution in [1.82, 2.24) is 9.55 Å². The summed E-state index contributed by atoms with van der Waals surface area (Å²) in [6.07, 6.45) is 5.29. The Bertz CT molecular complexity index is 569. The zero-order valence-electron chi connectivity index (χ0n) is 11.2. The summed E-state index contributed by atoms with van der Waals surface area (Å²) in [5, 5.41) is 14.0. The molecule has 0 spiro atoms. The highest BCUT2D eigenvalue weighted by Crippen LogP contribution is 2.25. The normalized spacial score (nSPS) is 10.2. The number of nitro groups is 1. The largest absolute Gasteiger partial charge is 0.494 e. The number of rotatable bonds is 7. The second-order valence-corrected chi connectivity index (χ2v) is 4.13. The fraction of sp³-hybridized carbons (Fsp3) is 0.308. The van der Waals surface area contributed by atoms with Crippen molar-refractivity contribution in [2.45, 2.75) is 13.5 Å². The number of aromatic nitrogens is 2. The van der Waals surface area contributed by atoms with Crippen molar-refractivity contribution in [3.05, 3.63) is 47.0 Å². The van der Waals surface area contributed by atoms with Crippen LogP contribution in [0.15, 0.2) is 36.9 Å². The molecule has 0 atom stereocenters. The van der Waals surface area contributed by atoms with E-state index in [4.69, 9.17) is 4.74 Å². The van der Waals surface area contributed by atoms with Gasteiger partial charge in [0.25, 0.3) is 5.69 Å². The van der Waals surface area contributed by atoms with Crippen LogP contribution in [0.4, 0.5) is 11.4 Å². The third-order valence-electron chi connectivity index (χ3n) is 2.67. The number of nitro benzene ring substituents is 1. The number of nitrogens with one attached hydrogen (secondary N) is 1. The van der Waals surface area contributed by atoms with E-state index in [0.29, 0.717) is 24.6 Å². The molecular formula is C13H16N4O3. The van der Waals surface area contributed by atoms with Crippen molar-refractivity contribution in [1.29, 1.82) is 0 Å². The number of nitrogens with zero attached hydrogens (tertiary/aromatic N) is 3. The zero-order chi connectivity index (χ0) is 14.4. The lowest BCUT2D eigenvalue weighted by Gasteiger charge is -2.09. The zero-order valence-corrected chi connectivity index (χ0v) is 11.2. The molecule has 1 aromatic carbocycles. The third kappa shape index (κ3) is 3.71. The Morgan fingerprint density at radius 1 is 1.45 bits per heavy atom. The lowest BCUT2D eigenvalue weighted by molar-refractivity contribution is -0.384. The summed E-state index contributed by atoms with van der Waals surface area (Å²) in [5.74, 6) is 0.492. The first kappa shape index (κ1) is 13.9. The summed E-state index contributed by atoms with van der Waals surface area (Å²) in [5.41, 5.74) is 0.684. The maximum absolute atomic E-state index is 10.9. The second kappa shape index (κ2) is 6.55. The first-order valence-electron chi connectivity index (χ1n) is 6.31. The maximum Gasteiger partial charge on any atom is 0.275 e. The monoisotopic (exact) mass is 276 g/mol. The van der Waals surface area contributed by atoms with E-state index in [-0.39, 0.29) is 5.69 Å². The van der Waals surface area contributed by atoms with E-state index in [1.165, 1.54) is 12.1 Å². The van der Waals surface area contributed by atoms with Gasteiger partial charge in [0.05, 0.1) is 23.9 Å². The van der Waals surface area contributed by atoms with Crippen LogP contribution in [0, 0.1) is 10.1 Å². The molecule has 0 fully saturated rings. The van der Waals surface area contributed by atoms with Gasteiger partial charge >= 0.3 is 0 Å². The minimum Gasteiger partial charge on any atom is -0.494 e. The van der Waals surface area contributed by atoms with Crippen molar-refractivity contribution in [2.24, 2.45) is 0 Å². The number of benzene rings is 1. The molecule has 0 saturated heterocycles. The first-order valence-corrected chi connectivity index (χ1v) is 6.31. The Morgan fingerprint density at radius 2 is 2.30 bits per heavy atom. The highest BCUT2D eigenvalue weighted by atomic mass is 16.6. The van der Waals surface area contributed by atoms with Crippen LogP contribution < -0.4 is 10.1 Å². The summed E-state index contributed by atoms with van der Waals surface area (Å²) in [4.78, 5) is 14.4. The first-order chi connectivity index (χ1) is 9.69. The van der Waals surface area contributed by atoms with Gasteiger partial charge < -0.3 is 14.6 Å². The Balaban J connectivity index is 2.03. The van der Waals surface area contributed by atoms with Crippen LogP contribution in [0.25, 0.3) is 0 Å². The number of non-ortho nitro benzene ring substituents is 1. The third-order valence-corrected chi connectivity index (χ3v) is 2.67. The van der Waals surface area contributed by atoms with Crippen molar-refractivity contribution in [3.8, 4) is 5.75 Å². The van der Waals surface area contributed by atoms with Crippen LogP contribution in [-0.4, -0.2) is 27.6 Å². The van der Waals surface area contributed by atoms with Crippen LogP contribution in [0.3, 0.4) is 0 Å². The molecule has 0 aliphatic heterocycles. The number of hydrogen-bond acceptors (Lipinski definition) is 5. The predicted molar refractivity (Wildman–Crippen MR) is 75.0 cm³/mol. The van der Waals surface area contributed by atoms with E-state index in [2.05, 4.69) is 10.3 Å². The lowest BCUT2D eigenvalue weighted by atomic mass is 10.2. The molecule has 0 amide bonds. The number of imidazole rings is 1. The van der Waals surface area contributed by atoms with E-state index in [0.717, 1.165) is 6.54 Å². The van der Waals surface area contributed by atoms with Gasteiger partial charge in [0.2, 0.25) is 0 Å². The molecule has 0 aliphatic carbocycles. The van der Waals surface area contributed by atoms with Gasteiger partial charge in [0, 0.05) is 43.3 Å². The molecule has 2 rings (SSSR count). The van der Waals surface area contributed by atoms with Crippen molar-refractivity contribution in [2.75, 3.05) is 18.5 Å². The summed E-state index contributed by atoms with van der Waals surface area (Å²) in [6, 6.07) is 4.67. The molecule has 0 saturated carbocycles. The maximum atomic E-state index is 10.9. The minimum absolute atomic E-state index is 0.0149. The summed E-state index contributed by atoms with van der Waals surface area (Å²) in [6.45, 7) is 3.68. The molecule has 106 valence electrons. The van der Waals surface area contributed by atoms with Gasteiger partial charge in [-0.1, -0.05) is 0 Å². The molecule has 0 aliphatic rings. The van der Waals surface area contributed by atoms with Gasteiger partial charge in [-0.05, 0) is 6.92 Å². The highest BCUT2D eigenvalue weighted by Gasteiger charge is 2.10. The van der Waals surface area contributed by atoms with Gasteiger partial charge in [-0.25, -0.2) is 4.98 Å². The van der Waals surface area contributed by atoms with E-state index >= 15 is 0 Å². The molecular weight excluding hydrogens is 260 g/mol. The molecule has 7 heteroatoms. The van der Waals surface area contributed by atoms with Crippen LogP contribution in [-0.2, 0) is 6.54 Å². The van der Waals surface area contributed by atoms with Gasteiger partial charge in [0.15, 0.2) is 0 Å². The van der Waals surface area contributed by atoms with Crippen molar-refractivity contribution < 1.29 is 9.66 Å². The Labute approximate surface area is 116 Å². The Hall–Kier alpha value is -2.57. The average molecular weight is 276 g/mol. The van der Waals surface area contributed by atoms with E-state index in [9.17, 15) is 10.1 Å². The van der Waals surface area contributed by atoms with Gasteiger partial charge in [-0.2, -0.15) is 0 Å². The smallest absolute Gasteiger partial charge is 0.275 e.